The van der Waals surface area contributed by atoms with Gasteiger partial charge in [0, 0.05) is 23.3 Å². The van der Waals surface area contributed by atoms with Crippen LogP contribution in [0.3, 0.4) is 0 Å². The Morgan fingerprint density at radius 3 is 2.65 bits per heavy atom. The predicted octanol–water partition coefficient (Wildman–Crippen LogP) is 2.73. The average Bonchev–Trinajstić information content (AvgIpc) is 2.52. The Labute approximate surface area is 147 Å². The Kier molecular flexibility index (Phi) is 6.91. The van der Waals surface area contributed by atoms with Crippen LogP contribution in [0.2, 0.25) is 10.2 Å². The molecule has 1 amide bonds. The van der Waals surface area contributed by atoms with Crippen LogP contribution in [0.5, 0.6) is 0 Å². The fraction of sp³-hybridized carbons (Fsp3) is 0.214. The van der Waals surface area contributed by atoms with E-state index in [2.05, 4.69) is 20.6 Å². The first-order valence-corrected chi connectivity index (χ1v) is 8.38. The molecule has 0 saturated heterocycles. The van der Waals surface area contributed by atoms with Gasteiger partial charge in [0.1, 0.15) is 11.0 Å². The molecule has 0 fully saturated rings. The minimum Gasteiger partial charge on any atom is -0.395 e. The van der Waals surface area contributed by atoms with Crippen molar-refractivity contribution in [2.75, 3.05) is 24.2 Å². The molecule has 0 bridgehead atoms. The number of nitrogens with zero attached hydrogens (tertiary/aromatic N) is 2. The first kappa shape index (κ1) is 17.8. The van der Waals surface area contributed by atoms with Gasteiger partial charge in [0.15, 0.2) is 5.16 Å². The largest absolute Gasteiger partial charge is 0.395 e. The fourth-order valence-corrected chi connectivity index (χ4v) is 2.63. The number of amides is 1. The van der Waals surface area contributed by atoms with E-state index in [0.717, 1.165) is 17.4 Å². The smallest absolute Gasteiger partial charge is 0.230 e. The zero-order valence-corrected chi connectivity index (χ0v) is 14.3. The van der Waals surface area contributed by atoms with Crippen LogP contribution in [0.15, 0.2) is 35.5 Å². The number of aliphatic hydroxyl groups is 1. The van der Waals surface area contributed by atoms with Gasteiger partial charge in [-0.1, -0.05) is 35.0 Å². The van der Waals surface area contributed by atoms with Gasteiger partial charge in [-0.2, -0.15) is 0 Å². The number of rotatable bonds is 7. The van der Waals surface area contributed by atoms with Crippen LogP contribution in [-0.2, 0) is 4.79 Å². The highest BCUT2D eigenvalue weighted by Crippen LogP contribution is 2.22. The van der Waals surface area contributed by atoms with E-state index in [-0.39, 0.29) is 30.0 Å². The van der Waals surface area contributed by atoms with Crippen LogP contribution < -0.4 is 10.6 Å². The van der Waals surface area contributed by atoms with Crippen molar-refractivity contribution >= 4 is 52.4 Å². The fourth-order valence-electron chi connectivity index (χ4n) is 1.58. The molecule has 0 unspecified atom stereocenters. The van der Waals surface area contributed by atoms with Crippen LogP contribution in [0.1, 0.15) is 0 Å². The summed E-state index contributed by atoms with van der Waals surface area (Å²) in [5.74, 6) is 0.450. The van der Waals surface area contributed by atoms with Gasteiger partial charge in [0.05, 0.1) is 12.4 Å². The number of benzene rings is 1. The summed E-state index contributed by atoms with van der Waals surface area (Å²) in [6.07, 6.45) is 0. The van der Waals surface area contributed by atoms with Gasteiger partial charge in [-0.15, -0.1) is 0 Å². The molecule has 0 aliphatic carbocycles. The van der Waals surface area contributed by atoms with E-state index in [9.17, 15) is 4.79 Å². The SMILES string of the molecule is O=C(CSc1nc(Cl)cc(Nc2ccc(Cl)cc2)n1)NCCO. The molecule has 2 rings (SSSR count). The molecule has 0 atom stereocenters. The molecule has 6 nitrogen and oxygen atoms in total. The number of hydrogen-bond acceptors (Lipinski definition) is 6. The molecule has 0 aliphatic heterocycles. The normalized spacial score (nSPS) is 10.4. The summed E-state index contributed by atoms with van der Waals surface area (Å²) in [6.45, 7) is 0.123. The standard InChI is InChI=1S/C14H14Cl2N4O2S/c15-9-1-3-10(4-2-9)18-12-7-11(16)19-14(20-12)23-8-13(22)17-5-6-21/h1-4,7,21H,5-6,8H2,(H,17,22)(H,18,19,20). The van der Waals surface area contributed by atoms with Crippen molar-refractivity contribution in [2.45, 2.75) is 5.16 Å². The molecule has 122 valence electrons. The van der Waals surface area contributed by atoms with Crippen molar-refractivity contribution < 1.29 is 9.90 Å². The van der Waals surface area contributed by atoms with E-state index in [1.165, 1.54) is 0 Å². The highest BCUT2D eigenvalue weighted by molar-refractivity contribution is 7.99. The molecule has 9 heteroatoms. The third kappa shape index (κ3) is 6.23. The number of anilines is 2. The van der Waals surface area contributed by atoms with Crippen molar-refractivity contribution in [3.05, 3.63) is 40.5 Å². The van der Waals surface area contributed by atoms with E-state index in [0.29, 0.717) is 16.0 Å². The van der Waals surface area contributed by atoms with Gasteiger partial charge in [0.25, 0.3) is 0 Å². The molecule has 0 spiro atoms. The second-order valence-corrected chi connectivity index (χ2v) is 6.12. The maximum absolute atomic E-state index is 11.5. The van der Waals surface area contributed by atoms with Crippen LogP contribution in [0.4, 0.5) is 11.5 Å². The monoisotopic (exact) mass is 372 g/mol. The number of aliphatic hydroxyl groups excluding tert-OH is 1. The van der Waals surface area contributed by atoms with Crippen molar-refractivity contribution in [2.24, 2.45) is 0 Å². The van der Waals surface area contributed by atoms with Crippen LogP contribution in [0.25, 0.3) is 0 Å². The van der Waals surface area contributed by atoms with Gasteiger partial charge in [-0.25, -0.2) is 9.97 Å². The zero-order valence-electron chi connectivity index (χ0n) is 11.9. The molecule has 3 N–H and O–H groups in total. The van der Waals surface area contributed by atoms with Crippen molar-refractivity contribution in [3.8, 4) is 0 Å². The van der Waals surface area contributed by atoms with E-state index in [1.54, 1.807) is 18.2 Å². The Bertz CT molecular complexity index is 670. The molecule has 1 aromatic heterocycles. The topological polar surface area (TPSA) is 87.1 Å². The second kappa shape index (κ2) is 8.93. The lowest BCUT2D eigenvalue weighted by molar-refractivity contribution is -0.118. The maximum Gasteiger partial charge on any atom is 0.230 e. The summed E-state index contributed by atoms with van der Waals surface area (Å²) in [5.41, 5.74) is 0.806. The first-order chi connectivity index (χ1) is 11.1. The van der Waals surface area contributed by atoms with Gasteiger partial charge in [-0.3, -0.25) is 4.79 Å². The molecule has 1 heterocycles. The molecular formula is C14H14Cl2N4O2S. The highest BCUT2D eigenvalue weighted by atomic mass is 35.5. The van der Waals surface area contributed by atoms with Gasteiger partial charge >= 0.3 is 0 Å². The molecule has 1 aromatic carbocycles. The van der Waals surface area contributed by atoms with E-state index >= 15 is 0 Å². The zero-order chi connectivity index (χ0) is 16.7. The minimum absolute atomic E-state index is 0.0980. The summed E-state index contributed by atoms with van der Waals surface area (Å²) in [7, 11) is 0. The Morgan fingerprint density at radius 2 is 1.96 bits per heavy atom. The molecule has 0 aliphatic rings. The molecule has 0 saturated carbocycles. The number of aromatic nitrogens is 2. The van der Waals surface area contributed by atoms with Gasteiger partial charge < -0.3 is 15.7 Å². The third-order valence-electron chi connectivity index (χ3n) is 2.56. The first-order valence-electron chi connectivity index (χ1n) is 6.64. The predicted molar refractivity (Wildman–Crippen MR) is 92.6 cm³/mol. The number of carbonyl (C=O) groups excluding carboxylic acids is 1. The summed E-state index contributed by atoms with van der Waals surface area (Å²) in [4.78, 5) is 19.9. The Morgan fingerprint density at radius 1 is 1.22 bits per heavy atom. The summed E-state index contributed by atoms with van der Waals surface area (Å²) >= 11 is 13.0. The minimum atomic E-state index is -0.208. The van der Waals surface area contributed by atoms with Gasteiger partial charge in [0.2, 0.25) is 5.91 Å². The lowest BCUT2D eigenvalue weighted by Crippen LogP contribution is -2.27. The van der Waals surface area contributed by atoms with Gasteiger partial charge in [-0.05, 0) is 24.3 Å². The number of thioether (sulfide) groups is 1. The number of halogens is 2. The summed E-state index contributed by atoms with van der Waals surface area (Å²) in [5, 5.41) is 15.6. The summed E-state index contributed by atoms with van der Waals surface area (Å²) in [6, 6.07) is 8.73. The van der Waals surface area contributed by atoms with Crippen LogP contribution in [-0.4, -0.2) is 39.9 Å². The molecule has 0 radical (unpaired) electrons. The number of hydrogen-bond donors (Lipinski definition) is 3. The number of nitrogens with one attached hydrogen (secondary N) is 2. The van der Waals surface area contributed by atoms with Crippen LogP contribution in [0, 0.1) is 0 Å². The maximum atomic E-state index is 11.5. The quantitative estimate of drug-likeness (QED) is 0.393. The molecular weight excluding hydrogens is 359 g/mol. The lowest BCUT2D eigenvalue weighted by Gasteiger charge is -2.08. The van der Waals surface area contributed by atoms with Crippen molar-refractivity contribution in [1.82, 2.24) is 15.3 Å². The Balaban J connectivity index is 2.00. The third-order valence-corrected chi connectivity index (χ3v) is 3.85. The Hall–Kier alpha value is -1.54. The average molecular weight is 373 g/mol. The van der Waals surface area contributed by atoms with E-state index < -0.39 is 0 Å². The molecule has 23 heavy (non-hydrogen) atoms. The van der Waals surface area contributed by atoms with E-state index in [1.807, 2.05) is 12.1 Å². The van der Waals surface area contributed by atoms with Crippen molar-refractivity contribution in [1.29, 1.82) is 0 Å². The highest BCUT2D eigenvalue weighted by Gasteiger charge is 2.08. The summed E-state index contributed by atoms with van der Waals surface area (Å²) < 4.78 is 0. The second-order valence-electron chi connectivity index (χ2n) is 4.35. The van der Waals surface area contributed by atoms with Crippen molar-refractivity contribution in [3.63, 3.8) is 0 Å². The number of carbonyl (C=O) groups is 1. The van der Waals surface area contributed by atoms with Crippen LogP contribution >= 0.6 is 35.0 Å². The lowest BCUT2D eigenvalue weighted by atomic mass is 10.3. The molecule has 2 aromatic rings. The van der Waals surface area contributed by atoms with E-state index in [4.69, 9.17) is 28.3 Å².